The lowest BCUT2D eigenvalue weighted by Gasteiger charge is -2.43. The highest BCUT2D eigenvalue weighted by atomic mass is 32.1. The molecule has 0 bridgehead atoms. The summed E-state index contributed by atoms with van der Waals surface area (Å²) in [6.07, 6.45) is -7.19. The molecule has 2 aromatic carbocycles. The third-order valence-electron chi connectivity index (χ3n) is 5.61. The average molecular weight is 667 g/mol. The van der Waals surface area contributed by atoms with E-state index in [0.29, 0.717) is 11.3 Å². The van der Waals surface area contributed by atoms with Crippen LogP contribution in [-0.2, 0) is 54.2 Å². The van der Waals surface area contributed by atoms with Crippen LogP contribution in [0.1, 0.15) is 33.3 Å². The van der Waals surface area contributed by atoms with Gasteiger partial charge in [0, 0.05) is 43.2 Å². The molecule has 250 valence electrons. The minimum absolute atomic E-state index is 0.0458. The normalized spacial score (nSPS) is 20.0. The van der Waals surface area contributed by atoms with Gasteiger partial charge in [-0.15, -0.1) is 12.6 Å². The van der Waals surface area contributed by atoms with E-state index in [9.17, 15) is 24.0 Å². The number of hydrogen-bond donors (Lipinski definition) is 2. The van der Waals surface area contributed by atoms with E-state index >= 15 is 0 Å². The summed E-state index contributed by atoms with van der Waals surface area (Å²) in [4.78, 5) is 68.4. The highest BCUT2D eigenvalue weighted by Gasteiger charge is 2.53. The fraction of sp³-hybridized carbons (Fsp3) is 0.414. The molecule has 1 saturated heterocycles. The molecule has 1 N–H and O–H groups in total. The molecule has 1 aliphatic rings. The van der Waals surface area contributed by atoms with Crippen LogP contribution in [0.5, 0.6) is 5.75 Å². The van der Waals surface area contributed by atoms with Gasteiger partial charge in [0.05, 0.1) is 0 Å². The second kappa shape index (κ2) is 18.2. The van der Waals surface area contributed by atoms with Crippen LogP contribution < -0.4 is 10.1 Å². The molecule has 1 aliphatic heterocycles. The topological polar surface area (TPSA) is 205 Å². The number of nitrogens with one attached hydrogen (secondary N) is 1. The molecule has 1 amide bonds. The van der Waals surface area contributed by atoms with Crippen LogP contribution in [-0.4, -0.2) is 79.3 Å². The zero-order valence-corrected chi connectivity index (χ0v) is 26.4. The predicted octanol–water partition coefficient (Wildman–Crippen LogP) is 3.08. The first kappa shape index (κ1) is 37.3. The molecule has 46 heavy (non-hydrogen) atoms. The first-order chi connectivity index (χ1) is 21.6. The van der Waals surface area contributed by atoms with Gasteiger partial charge in [-0.25, -0.2) is 4.79 Å². The Hall–Kier alpha value is -4.90. The molecule has 0 radical (unpaired) electrons. The monoisotopic (exact) mass is 666 g/mol. The average Bonchev–Trinajstić information content (AvgIpc) is 2.95. The zero-order valence-electron chi connectivity index (χ0n) is 25.5. The van der Waals surface area contributed by atoms with Crippen LogP contribution in [0.4, 0.5) is 10.5 Å². The van der Waals surface area contributed by atoms with E-state index in [4.69, 9.17) is 43.3 Å². The minimum Gasteiger partial charge on any atom is -0.463 e. The van der Waals surface area contributed by atoms with Gasteiger partial charge in [0.2, 0.25) is 12.4 Å². The zero-order chi connectivity index (χ0) is 34.4. The van der Waals surface area contributed by atoms with Gasteiger partial charge in [0.1, 0.15) is 25.1 Å². The summed E-state index contributed by atoms with van der Waals surface area (Å²) in [6, 6.07) is 13.2. The summed E-state index contributed by atoms with van der Waals surface area (Å²) in [5, 5.41) is 11.4. The van der Waals surface area contributed by atoms with Crippen molar-refractivity contribution in [2.75, 3.05) is 19.0 Å². The van der Waals surface area contributed by atoms with E-state index in [1.807, 2.05) is 0 Å². The van der Waals surface area contributed by atoms with Crippen LogP contribution in [0, 0.1) is 10.1 Å². The summed E-state index contributed by atoms with van der Waals surface area (Å²) in [7, 11) is 0.889. The number of nitro groups is 1. The molecule has 0 saturated carbocycles. The first-order valence-corrected chi connectivity index (χ1v) is 14.0. The first-order valence-electron chi connectivity index (χ1n) is 13.5. The minimum atomic E-state index is -1.37. The number of esters is 4. The molecular weight excluding hydrogens is 632 g/mol. The van der Waals surface area contributed by atoms with Gasteiger partial charge < -0.3 is 33.2 Å². The summed E-state index contributed by atoms with van der Waals surface area (Å²) >= 11 is 4.20. The lowest BCUT2D eigenvalue weighted by molar-refractivity contribution is -0.445. The van der Waals surface area contributed by atoms with Crippen molar-refractivity contribution in [3.63, 3.8) is 0 Å². The molecule has 0 aliphatic carbocycles. The second-order valence-electron chi connectivity index (χ2n) is 9.52. The van der Waals surface area contributed by atoms with Crippen molar-refractivity contribution in [2.45, 2.75) is 69.9 Å². The maximum absolute atomic E-state index is 12.1. The molecule has 0 spiro atoms. The van der Waals surface area contributed by atoms with E-state index in [1.54, 1.807) is 48.5 Å². The molecule has 2 aromatic rings. The molecular formula is C29H34N2O14S. The van der Waals surface area contributed by atoms with Crippen molar-refractivity contribution in [3.05, 3.63) is 64.2 Å². The van der Waals surface area contributed by atoms with Gasteiger partial charge in [-0.2, -0.15) is 0 Å². The van der Waals surface area contributed by atoms with Gasteiger partial charge in [-0.3, -0.25) is 34.6 Å². The fourth-order valence-corrected chi connectivity index (χ4v) is 4.08. The Bertz CT molecular complexity index is 1360. The van der Waals surface area contributed by atoms with E-state index in [0.717, 1.165) is 32.7 Å². The summed E-state index contributed by atoms with van der Waals surface area (Å²) in [6.45, 7) is 4.14. The number of carbonyl (C=O) groups is 5. The number of nitrogens with zero attached hydrogens (tertiary/aromatic N) is 1. The molecule has 0 aromatic heterocycles. The van der Waals surface area contributed by atoms with E-state index < -0.39 is 65.6 Å². The number of hydrogen-bond acceptors (Lipinski definition) is 15. The molecule has 3 rings (SSSR count). The SMILES string of the molecule is CC(=O)OCC1O[C@@H](Oc2ccc(COC(=O)Nc3ccc(S)cc3)cc2)[C@@H](OC(C)=O)C(OC(C)=O)[C@@H]1OC(C)=O.C[N+](=O)[O-]. The smallest absolute Gasteiger partial charge is 0.411 e. The quantitative estimate of drug-likeness (QED) is 0.123. The van der Waals surface area contributed by atoms with Crippen molar-refractivity contribution >= 4 is 48.3 Å². The largest absolute Gasteiger partial charge is 0.463 e. The number of amides is 1. The number of thiol groups is 1. The van der Waals surface area contributed by atoms with E-state index in [2.05, 4.69) is 17.9 Å². The van der Waals surface area contributed by atoms with Crippen LogP contribution in [0.15, 0.2) is 53.4 Å². The van der Waals surface area contributed by atoms with Crippen LogP contribution in [0.2, 0.25) is 0 Å². The highest BCUT2D eigenvalue weighted by Crippen LogP contribution is 2.31. The molecule has 1 fully saturated rings. The Morgan fingerprint density at radius 3 is 1.85 bits per heavy atom. The summed E-state index contributed by atoms with van der Waals surface area (Å²) in [5.41, 5.74) is 1.18. The molecule has 1 heterocycles. The Balaban J connectivity index is 0.00000173. The number of carbonyl (C=O) groups excluding carboxylic acids is 5. The van der Waals surface area contributed by atoms with Crippen molar-refractivity contribution in [1.82, 2.24) is 0 Å². The maximum Gasteiger partial charge on any atom is 0.411 e. The lowest BCUT2D eigenvalue weighted by atomic mass is 9.98. The number of anilines is 1. The van der Waals surface area contributed by atoms with Gasteiger partial charge in [0.15, 0.2) is 19.3 Å². The van der Waals surface area contributed by atoms with Gasteiger partial charge in [-0.1, -0.05) is 12.1 Å². The van der Waals surface area contributed by atoms with Gasteiger partial charge in [0.25, 0.3) is 0 Å². The maximum atomic E-state index is 12.1. The van der Waals surface area contributed by atoms with Gasteiger partial charge >= 0.3 is 30.0 Å². The highest BCUT2D eigenvalue weighted by molar-refractivity contribution is 7.80. The number of benzene rings is 2. The van der Waals surface area contributed by atoms with Crippen LogP contribution in [0.25, 0.3) is 0 Å². The molecule has 5 atom stereocenters. The Morgan fingerprint density at radius 2 is 1.33 bits per heavy atom. The van der Waals surface area contributed by atoms with Gasteiger partial charge in [-0.05, 0) is 42.0 Å². The lowest BCUT2D eigenvalue weighted by Crippen LogP contribution is -2.63. The van der Waals surface area contributed by atoms with Crippen molar-refractivity contribution < 1.29 is 62.1 Å². The van der Waals surface area contributed by atoms with Crippen molar-refractivity contribution in [1.29, 1.82) is 0 Å². The van der Waals surface area contributed by atoms with Crippen molar-refractivity contribution in [3.8, 4) is 5.75 Å². The molecule has 2 unspecified atom stereocenters. The summed E-state index contributed by atoms with van der Waals surface area (Å²) in [5.74, 6) is -2.63. The molecule has 17 heteroatoms. The number of rotatable bonds is 10. The van der Waals surface area contributed by atoms with Crippen LogP contribution in [0.3, 0.4) is 0 Å². The Morgan fingerprint density at radius 1 is 0.804 bits per heavy atom. The fourth-order valence-electron chi connectivity index (χ4n) is 3.93. The predicted molar refractivity (Wildman–Crippen MR) is 159 cm³/mol. The van der Waals surface area contributed by atoms with Crippen molar-refractivity contribution in [2.24, 2.45) is 0 Å². The van der Waals surface area contributed by atoms with E-state index in [-0.39, 0.29) is 19.0 Å². The second-order valence-corrected chi connectivity index (χ2v) is 10.0. The number of ether oxygens (including phenoxy) is 7. The third kappa shape index (κ3) is 13.4. The van der Waals surface area contributed by atoms with Crippen LogP contribution >= 0.6 is 12.6 Å². The Labute approximate surface area is 269 Å². The van der Waals surface area contributed by atoms with E-state index in [1.165, 1.54) is 6.92 Å². The summed E-state index contributed by atoms with van der Waals surface area (Å²) < 4.78 is 38.3. The Kier molecular flexibility index (Phi) is 14.7. The third-order valence-corrected chi connectivity index (χ3v) is 5.91. The molecule has 16 nitrogen and oxygen atoms in total. The standard InChI is InChI=1S/C28H31NO12S.CH3NO2/c1-15(30)35-14-23-24(37-16(2)31)25(38-17(3)32)26(39-18(4)33)27(41-23)40-21-9-5-19(6-10-21)13-36-28(34)29-20-7-11-22(42)12-8-20;1-2(3)4/h5-12,23-27,42H,13-14H2,1-4H3,(H,29,34);1H3/t23?,24-,25?,26+,27-;/m1./s1.